The van der Waals surface area contributed by atoms with Crippen LogP contribution < -0.4 is 10.1 Å². The van der Waals surface area contributed by atoms with Gasteiger partial charge in [-0.3, -0.25) is 14.9 Å². The van der Waals surface area contributed by atoms with Crippen molar-refractivity contribution >= 4 is 11.6 Å². The number of rotatable bonds is 6. The van der Waals surface area contributed by atoms with Crippen LogP contribution in [0.25, 0.3) is 0 Å². The lowest BCUT2D eigenvalue weighted by atomic mass is 10.1. The van der Waals surface area contributed by atoms with E-state index >= 15 is 0 Å². The highest BCUT2D eigenvalue weighted by atomic mass is 16.6. The van der Waals surface area contributed by atoms with E-state index in [1.54, 1.807) is 31.2 Å². The highest BCUT2D eigenvalue weighted by Crippen LogP contribution is 2.24. The summed E-state index contributed by atoms with van der Waals surface area (Å²) >= 11 is 0. The topological polar surface area (TPSA) is 97.8 Å². The van der Waals surface area contributed by atoms with Gasteiger partial charge in [-0.25, -0.2) is 0 Å². The molecule has 0 saturated carbocycles. The van der Waals surface area contributed by atoms with E-state index in [4.69, 9.17) is 9.15 Å². The third kappa shape index (κ3) is 4.85. The molecule has 1 aliphatic heterocycles. The van der Waals surface area contributed by atoms with Crippen LogP contribution in [-0.4, -0.2) is 41.9 Å². The number of nitrogens with one attached hydrogen (secondary N) is 1. The van der Waals surface area contributed by atoms with Gasteiger partial charge in [-0.1, -0.05) is 0 Å². The summed E-state index contributed by atoms with van der Waals surface area (Å²) in [5.74, 6) is 1.06. The molecule has 1 saturated heterocycles. The zero-order valence-corrected chi connectivity index (χ0v) is 15.4. The van der Waals surface area contributed by atoms with Gasteiger partial charge in [-0.2, -0.15) is 0 Å². The lowest BCUT2D eigenvalue weighted by molar-refractivity contribution is -0.385. The van der Waals surface area contributed by atoms with E-state index in [2.05, 4.69) is 17.3 Å². The third-order valence-corrected chi connectivity index (χ3v) is 4.69. The summed E-state index contributed by atoms with van der Waals surface area (Å²) in [5.41, 5.74) is 0.573. The molecular formula is C19H23N3O5. The number of ether oxygens (including phenoxy) is 1. The van der Waals surface area contributed by atoms with Crippen LogP contribution in [0.4, 0.5) is 5.69 Å². The molecule has 1 N–H and O–H groups in total. The Morgan fingerprint density at radius 2 is 2.07 bits per heavy atom. The first-order valence-electron chi connectivity index (χ1n) is 8.88. The molecule has 27 heavy (non-hydrogen) atoms. The molecule has 2 aromatic rings. The van der Waals surface area contributed by atoms with E-state index in [-0.39, 0.29) is 30.0 Å². The van der Waals surface area contributed by atoms with E-state index in [1.807, 2.05) is 0 Å². The molecule has 144 valence electrons. The smallest absolute Gasteiger partial charge is 0.287 e. The first-order valence-corrected chi connectivity index (χ1v) is 8.88. The van der Waals surface area contributed by atoms with Crippen LogP contribution in [0.3, 0.4) is 0 Å². The predicted molar refractivity (Wildman–Crippen MR) is 98.9 cm³/mol. The van der Waals surface area contributed by atoms with Crippen LogP contribution in [0.15, 0.2) is 34.7 Å². The van der Waals surface area contributed by atoms with Crippen molar-refractivity contribution in [3.05, 3.63) is 57.5 Å². The molecule has 1 aromatic carbocycles. The molecule has 3 rings (SSSR count). The Labute approximate surface area is 157 Å². The van der Waals surface area contributed by atoms with Crippen LogP contribution >= 0.6 is 0 Å². The van der Waals surface area contributed by atoms with Crippen molar-refractivity contribution in [3.8, 4) is 5.75 Å². The number of amides is 1. The molecule has 1 aromatic heterocycles. The average molecular weight is 373 g/mol. The summed E-state index contributed by atoms with van der Waals surface area (Å²) in [4.78, 5) is 25.0. The van der Waals surface area contributed by atoms with Crippen LogP contribution in [0.5, 0.6) is 5.75 Å². The average Bonchev–Trinajstić information content (AvgIpc) is 3.11. The maximum Gasteiger partial charge on any atom is 0.287 e. The van der Waals surface area contributed by atoms with Crippen molar-refractivity contribution in [1.82, 2.24) is 10.2 Å². The largest absolute Gasteiger partial charge is 0.486 e. The van der Waals surface area contributed by atoms with E-state index in [0.717, 1.165) is 25.9 Å². The van der Waals surface area contributed by atoms with E-state index in [9.17, 15) is 14.9 Å². The second kappa shape index (κ2) is 8.22. The Hall–Kier alpha value is -2.87. The lowest BCUT2D eigenvalue weighted by Gasteiger charge is -2.29. The maximum atomic E-state index is 12.3. The Morgan fingerprint density at radius 3 is 2.74 bits per heavy atom. The van der Waals surface area contributed by atoms with Crippen molar-refractivity contribution in [2.45, 2.75) is 32.4 Å². The van der Waals surface area contributed by atoms with Crippen molar-refractivity contribution in [2.24, 2.45) is 0 Å². The highest BCUT2D eigenvalue weighted by molar-refractivity contribution is 5.91. The maximum absolute atomic E-state index is 12.3. The van der Waals surface area contributed by atoms with E-state index in [1.165, 1.54) is 6.07 Å². The molecule has 1 aliphatic rings. The number of carbonyl (C=O) groups is 1. The van der Waals surface area contributed by atoms with Crippen molar-refractivity contribution < 1.29 is 18.9 Å². The van der Waals surface area contributed by atoms with Gasteiger partial charge in [0.2, 0.25) is 0 Å². The summed E-state index contributed by atoms with van der Waals surface area (Å²) in [6.07, 6.45) is 1.86. The zero-order chi connectivity index (χ0) is 19.4. The fraction of sp³-hybridized carbons (Fsp3) is 0.421. The van der Waals surface area contributed by atoms with Gasteiger partial charge in [0, 0.05) is 17.7 Å². The summed E-state index contributed by atoms with van der Waals surface area (Å²) < 4.78 is 11.2. The van der Waals surface area contributed by atoms with Gasteiger partial charge in [0.1, 0.15) is 18.1 Å². The third-order valence-electron chi connectivity index (χ3n) is 4.69. The molecule has 0 spiro atoms. The summed E-state index contributed by atoms with van der Waals surface area (Å²) in [6, 6.07) is 8.05. The van der Waals surface area contributed by atoms with Crippen LogP contribution in [0.1, 0.15) is 34.7 Å². The molecule has 0 atom stereocenters. The molecular weight excluding hydrogens is 350 g/mol. The Balaban J connectivity index is 1.54. The molecule has 1 fully saturated rings. The lowest BCUT2D eigenvalue weighted by Crippen LogP contribution is -2.43. The molecule has 8 nitrogen and oxygen atoms in total. The number of hydrogen-bond acceptors (Lipinski definition) is 6. The van der Waals surface area contributed by atoms with Gasteiger partial charge in [-0.05, 0) is 64.2 Å². The minimum absolute atomic E-state index is 0.0493. The number of furan rings is 1. The number of likely N-dealkylation sites (tertiary alicyclic amines) is 1. The minimum Gasteiger partial charge on any atom is -0.486 e. The van der Waals surface area contributed by atoms with Crippen LogP contribution in [-0.2, 0) is 6.61 Å². The Morgan fingerprint density at radius 1 is 1.33 bits per heavy atom. The SMILES string of the molecule is Cc1cc(OCc2ccc(C(=O)NC3CCN(C)CC3)o2)ccc1[N+](=O)[O-]. The van der Waals surface area contributed by atoms with Gasteiger partial charge < -0.3 is 19.4 Å². The quantitative estimate of drug-likeness (QED) is 0.618. The summed E-state index contributed by atoms with van der Waals surface area (Å²) in [6.45, 7) is 3.73. The van der Waals surface area contributed by atoms with Gasteiger partial charge in [0.25, 0.3) is 11.6 Å². The normalized spacial score (nSPS) is 15.5. The number of piperidine rings is 1. The molecule has 0 bridgehead atoms. The summed E-state index contributed by atoms with van der Waals surface area (Å²) in [5, 5.41) is 13.9. The molecule has 0 aliphatic carbocycles. The molecule has 1 amide bonds. The Bertz CT molecular complexity index is 825. The van der Waals surface area contributed by atoms with Crippen LogP contribution in [0, 0.1) is 17.0 Å². The van der Waals surface area contributed by atoms with Gasteiger partial charge in [0.05, 0.1) is 4.92 Å². The van der Waals surface area contributed by atoms with E-state index < -0.39 is 4.92 Å². The van der Waals surface area contributed by atoms with Gasteiger partial charge in [0.15, 0.2) is 5.76 Å². The Kier molecular flexibility index (Phi) is 5.75. The fourth-order valence-corrected chi connectivity index (χ4v) is 3.06. The molecule has 8 heteroatoms. The second-order valence-electron chi connectivity index (χ2n) is 6.81. The zero-order valence-electron chi connectivity index (χ0n) is 15.4. The first kappa shape index (κ1) is 18.9. The minimum atomic E-state index is -0.430. The predicted octanol–water partition coefficient (Wildman–Crippen LogP) is 2.90. The fourth-order valence-electron chi connectivity index (χ4n) is 3.06. The standard InChI is InChI=1S/C19H23N3O5/c1-13-11-15(3-5-17(13)22(24)25)26-12-16-4-6-18(27-16)19(23)20-14-7-9-21(2)10-8-14/h3-6,11,14H,7-10,12H2,1-2H3,(H,20,23). The number of nitrogens with zero attached hydrogens (tertiary/aromatic N) is 2. The number of aryl methyl sites for hydroxylation is 1. The van der Waals surface area contributed by atoms with Crippen molar-refractivity contribution in [1.29, 1.82) is 0 Å². The number of benzene rings is 1. The monoisotopic (exact) mass is 373 g/mol. The van der Waals surface area contributed by atoms with Crippen LogP contribution in [0.2, 0.25) is 0 Å². The second-order valence-corrected chi connectivity index (χ2v) is 6.81. The number of carbonyl (C=O) groups excluding carboxylic acids is 1. The van der Waals surface area contributed by atoms with Crippen molar-refractivity contribution in [2.75, 3.05) is 20.1 Å². The number of nitro benzene ring substituents is 1. The highest BCUT2D eigenvalue weighted by Gasteiger charge is 2.20. The molecule has 0 radical (unpaired) electrons. The summed E-state index contributed by atoms with van der Waals surface area (Å²) in [7, 11) is 2.07. The molecule has 2 heterocycles. The number of hydrogen-bond donors (Lipinski definition) is 1. The molecule has 0 unspecified atom stereocenters. The first-order chi connectivity index (χ1) is 12.9. The van der Waals surface area contributed by atoms with Gasteiger partial charge in [-0.15, -0.1) is 0 Å². The van der Waals surface area contributed by atoms with Crippen molar-refractivity contribution in [3.63, 3.8) is 0 Å². The van der Waals surface area contributed by atoms with E-state index in [0.29, 0.717) is 17.1 Å². The van der Waals surface area contributed by atoms with Gasteiger partial charge >= 0.3 is 0 Å². The number of nitro groups is 1.